The van der Waals surface area contributed by atoms with Crippen LogP contribution in [0.2, 0.25) is 0 Å². The molecule has 466 valence electrons. The van der Waals surface area contributed by atoms with Crippen molar-refractivity contribution in [1.29, 1.82) is 0 Å². The van der Waals surface area contributed by atoms with Crippen LogP contribution in [0.4, 0.5) is 0 Å². The number of carbonyl (C=O) groups is 2. The number of aliphatic hydroxyl groups excluding tert-OH is 5. The van der Waals surface area contributed by atoms with E-state index in [1.165, 1.54) is 199 Å². The maximum absolute atomic E-state index is 13.4. The normalized spacial score (nSPS) is 19.1. The van der Waals surface area contributed by atoms with Gasteiger partial charge in [0, 0.05) is 6.42 Å². The van der Waals surface area contributed by atoms with Gasteiger partial charge in [-0.3, -0.25) is 9.59 Å². The number of hydrogen-bond acceptors (Lipinski definition) is 10. The SMILES string of the molecule is CC/C=C/C=C/C=C\C=C/CCCCC(O)C(=O)NC(COC1OC(CO)C(O)C(O)C1OC(=O)CCCCCCCCCCCCCCCCCCCCCCCCCCCCC)C(O)/C=C/CCCCCCCCCCCC. The van der Waals surface area contributed by atoms with Gasteiger partial charge in [-0.2, -0.15) is 0 Å². The van der Waals surface area contributed by atoms with Gasteiger partial charge in [0.05, 0.1) is 25.4 Å². The second kappa shape index (κ2) is 56.8. The highest BCUT2D eigenvalue weighted by Gasteiger charge is 2.47. The van der Waals surface area contributed by atoms with Crippen molar-refractivity contribution in [2.24, 2.45) is 0 Å². The van der Waals surface area contributed by atoms with Gasteiger partial charge in [0.25, 0.3) is 0 Å². The average molecular weight is 1130 g/mol. The quantitative estimate of drug-likeness (QED) is 0.0149. The molecule has 0 radical (unpaired) electrons. The van der Waals surface area contributed by atoms with Crippen LogP contribution in [0.3, 0.4) is 0 Å². The number of aliphatic hydroxyl groups is 5. The lowest BCUT2D eigenvalue weighted by Gasteiger charge is -2.41. The Morgan fingerprint density at radius 3 is 1.35 bits per heavy atom. The van der Waals surface area contributed by atoms with Crippen LogP contribution in [0.25, 0.3) is 0 Å². The monoisotopic (exact) mass is 1130 g/mol. The van der Waals surface area contributed by atoms with E-state index >= 15 is 0 Å². The van der Waals surface area contributed by atoms with Gasteiger partial charge in [-0.05, 0) is 44.9 Å². The second-order valence-electron chi connectivity index (χ2n) is 23.3. The van der Waals surface area contributed by atoms with Crippen LogP contribution in [-0.4, -0.2) is 99.6 Å². The van der Waals surface area contributed by atoms with Crippen molar-refractivity contribution in [3.63, 3.8) is 0 Å². The number of rotatable bonds is 57. The number of nitrogens with one attached hydrogen (secondary N) is 1. The van der Waals surface area contributed by atoms with Crippen molar-refractivity contribution >= 4 is 11.9 Å². The van der Waals surface area contributed by atoms with E-state index in [9.17, 15) is 35.1 Å². The summed E-state index contributed by atoms with van der Waals surface area (Å²) in [6.07, 6.45) is 61.5. The van der Waals surface area contributed by atoms with E-state index < -0.39 is 67.4 Å². The van der Waals surface area contributed by atoms with Gasteiger partial charge in [0.2, 0.25) is 5.91 Å². The lowest BCUT2D eigenvalue weighted by molar-refractivity contribution is -0.305. The number of allylic oxidation sites excluding steroid dienone is 9. The minimum Gasteiger partial charge on any atom is -0.454 e. The van der Waals surface area contributed by atoms with E-state index in [1.807, 2.05) is 48.6 Å². The summed E-state index contributed by atoms with van der Waals surface area (Å²) in [5.74, 6) is -1.23. The Morgan fingerprint density at radius 2 is 0.900 bits per heavy atom. The summed E-state index contributed by atoms with van der Waals surface area (Å²) in [4.78, 5) is 26.5. The predicted octanol–water partition coefficient (Wildman–Crippen LogP) is 16.6. The summed E-state index contributed by atoms with van der Waals surface area (Å²) in [7, 11) is 0. The van der Waals surface area contributed by atoms with Crippen LogP contribution in [0, 0.1) is 0 Å². The highest BCUT2D eigenvalue weighted by molar-refractivity contribution is 5.80. The molecule has 1 saturated heterocycles. The lowest BCUT2D eigenvalue weighted by Crippen LogP contribution is -2.61. The highest BCUT2D eigenvalue weighted by atomic mass is 16.7. The van der Waals surface area contributed by atoms with E-state index in [0.29, 0.717) is 12.8 Å². The first-order valence-corrected chi connectivity index (χ1v) is 33.6. The molecule has 11 heteroatoms. The van der Waals surface area contributed by atoms with Gasteiger partial charge in [-0.25, -0.2) is 0 Å². The fourth-order valence-electron chi connectivity index (χ4n) is 10.5. The molecule has 0 aromatic rings. The zero-order valence-electron chi connectivity index (χ0n) is 51.7. The first-order valence-electron chi connectivity index (χ1n) is 33.6. The summed E-state index contributed by atoms with van der Waals surface area (Å²) < 4.78 is 17.6. The molecule has 8 atom stereocenters. The fourth-order valence-corrected chi connectivity index (χ4v) is 10.5. The Hall–Kier alpha value is -2.64. The third-order valence-electron chi connectivity index (χ3n) is 15.8. The predicted molar refractivity (Wildman–Crippen MR) is 333 cm³/mol. The zero-order valence-corrected chi connectivity index (χ0v) is 51.7. The van der Waals surface area contributed by atoms with Gasteiger partial charge in [-0.1, -0.05) is 313 Å². The van der Waals surface area contributed by atoms with E-state index in [-0.39, 0.29) is 19.4 Å². The van der Waals surface area contributed by atoms with Crippen LogP contribution in [0.15, 0.2) is 60.8 Å². The fraction of sp³-hybridized carbons (Fsp3) is 0.826. The molecule has 80 heavy (non-hydrogen) atoms. The molecule has 1 rings (SSSR count). The molecule has 0 aromatic carbocycles. The van der Waals surface area contributed by atoms with E-state index in [0.717, 1.165) is 57.8 Å². The van der Waals surface area contributed by atoms with Crippen molar-refractivity contribution in [3.8, 4) is 0 Å². The van der Waals surface area contributed by atoms with Crippen molar-refractivity contribution in [2.75, 3.05) is 13.2 Å². The Bertz CT molecular complexity index is 1530. The largest absolute Gasteiger partial charge is 0.454 e. The minimum atomic E-state index is -1.62. The van der Waals surface area contributed by atoms with Gasteiger partial charge < -0.3 is 45.1 Å². The number of unbranched alkanes of at least 4 members (excludes halogenated alkanes) is 38. The topological polar surface area (TPSA) is 175 Å². The Labute approximate surface area is 490 Å². The standard InChI is InChI=1S/C69H125NO10/c1-4-7-10-13-16-19-22-25-26-27-28-29-30-31-32-33-34-35-36-37-38-39-42-45-48-51-54-57-64(74)80-67-66(76)65(75)63(58-71)79-69(67)78-59-60(61(72)55-52-49-46-43-40-23-20-17-14-11-8-5-2)70-68(77)62(73)56-53-50-47-44-41-24-21-18-15-12-9-6-3/h9,12,15,18,21,24,41,44,52,55,60-63,65-67,69,71-73,75-76H,4-8,10-11,13-14,16-17,19-20,22-23,25-40,42-43,45-51,53-54,56-59H2,1-3H3,(H,70,77)/b12-9+,18-15+,24-21-,44-41-,55-52+. The first-order chi connectivity index (χ1) is 39.2. The van der Waals surface area contributed by atoms with Crippen molar-refractivity contribution in [1.82, 2.24) is 5.32 Å². The summed E-state index contributed by atoms with van der Waals surface area (Å²) >= 11 is 0. The van der Waals surface area contributed by atoms with Crippen LogP contribution in [-0.2, 0) is 23.8 Å². The molecule has 0 spiro atoms. The summed E-state index contributed by atoms with van der Waals surface area (Å²) in [5, 5.41) is 56.9. The number of ether oxygens (including phenoxy) is 3. The zero-order chi connectivity index (χ0) is 58.2. The number of hydrogen-bond donors (Lipinski definition) is 6. The van der Waals surface area contributed by atoms with Crippen LogP contribution < -0.4 is 5.32 Å². The first kappa shape index (κ1) is 75.4. The van der Waals surface area contributed by atoms with Crippen molar-refractivity contribution in [2.45, 2.75) is 352 Å². The van der Waals surface area contributed by atoms with Gasteiger partial charge >= 0.3 is 5.97 Å². The Morgan fingerprint density at radius 1 is 0.500 bits per heavy atom. The third-order valence-corrected chi connectivity index (χ3v) is 15.8. The van der Waals surface area contributed by atoms with Gasteiger partial charge in [-0.15, -0.1) is 0 Å². The second-order valence-corrected chi connectivity index (χ2v) is 23.3. The summed E-state index contributed by atoms with van der Waals surface area (Å²) in [5.41, 5.74) is 0. The molecule has 0 aromatic heterocycles. The molecule has 0 aliphatic carbocycles. The summed E-state index contributed by atoms with van der Waals surface area (Å²) in [6.45, 7) is 5.64. The van der Waals surface area contributed by atoms with Crippen LogP contribution >= 0.6 is 0 Å². The number of amides is 1. The molecular formula is C69H125NO10. The van der Waals surface area contributed by atoms with Crippen LogP contribution in [0.5, 0.6) is 0 Å². The minimum absolute atomic E-state index is 0.121. The molecule has 1 amide bonds. The molecule has 6 N–H and O–H groups in total. The third kappa shape index (κ3) is 44.0. The molecule has 11 nitrogen and oxygen atoms in total. The van der Waals surface area contributed by atoms with Crippen molar-refractivity contribution < 1.29 is 49.3 Å². The van der Waals surface area contributed by atoms with Gasteiger partial charge in [0.15, 0.2) is 12.4 Å². The Kier molecular flexibility index (Phi) is 53.5. The smallest absolute Gasteiger partial charge is 0.306 e. The van der Waals surface area contributed by atoms with Crippen LogP contribution in [0.1, 0.15) is 303 Å². The molecular weight excluding hydrogens is 1000 g/mol. The molecule has 1 aliphatic rings. The van der Waals surface area contributed by atoms with E-state index in [1.54, 1.807) is 6.08 Å². The van der Waals surface area contributed by atoms with E-state index in [4.69, 9.17) is 14.2 Å². The molecule has 1 heterocycles. The lowest BCUT2D eigenvalue weighted by atomic mass is 9.99. The molecule has 0 saturated carbocycles. The number of carbonyl (C=O) groups excluding carboxylic acids is 2. The van der Waals surface area contributed by atoms with Crippen molar-refractivity contribution in [3.05, 3.63) is 60.8 Å². The molecule has 8 unspecified atom stereocenters. The molecule has 0 bridgehead atoms. The average Bonchev–Trinajstić information content (AvgIpc) is 3.46. The highest BCUT2D eigenvalue weighted by Crippen LogP contribution is 2.26. The van der Waals surface area contributed by atoms with Gasteiger partial charge in [0.1, 0.15) is 24.4 Å². The maximum atomic E-state index is 13.4. The maximum Gasteiger partial charge on any atom is 0.306 e. The van der Waals surface area contributed by atoms with E-state index in [2.05, 4.69) is 32.2 Å². The molecule has 1 aliphatic heterocycles. The molecule has 1 fully saturated rings. The Balaban J connectivity index is 2.53. The number of esters is 1. The summed E-state index contributed by atoms with van der Waals surface area (Å²) in [6, 6.07) is -1.04.